The van der Waals surface area contributed by atoms with E-state index in [1.165, 1.54) is 17.7 Å². The number of hydrogen-bond donors (Lipinski definition) is 2. The van der Waals surface area contributed by atoms with Gasteiger partial charge in [-0.3, -0.25) is 4.90 Å². The number of fused-ring (bicyclic) bond motifs is 2. The molecule has 2 aliphatic heterocycles. The van der Waals surface area contributed by atoms with Crippen LogP contribution in [0.2, 0.25) is 5.02 Å². The summed E-state index contributed by atoms with van der Waals surface area (Å²) in [5.41, 5.74) is 1.70. The van der Waals surface area contributed by atoms with Crippen LogP contribution in [0, 0.1) is 6.92 Å². The van der Waals surface area contributed by atoms with Gasteiger partial charge in [0.05, 0.1) is 6.10 Å². The number of aliphatic hydroxyl groups is 1. The van der Waals surface area contributed by atoms with Gasteiger partial charge in [-0.25, -0.2) is 0 Å². The first-order valence-electron chi connectivity index (χ1n) is 10.1. The Balaban J connectivity index is 1.43. The van der Waals surface area contributed by atoms with Gasteiger partial charge in [0.1, 0.15) is 5.75 Å². The number of aromatic hydroxyl groups is 1. The molecule has 3 nitrogen and oxygen atoms in total. The first-order chi connectivity index (χ1) is 13.4. The van der Waals surface area contributed by atoms with Crippen LogP contribution in [-0.4, -0.2) is 38.5 Å². The lowest BCUT2D eigenvalue weighted by Gasteiger charge is -2.44. The van der Waals surface area contributed by atoms with Crippen LogP contribution in [0.15, 0.2) is 47.4 Å². The highest BCUT2D eigenvalue weighted by Crippen LogP contribution is 2.45. The number of hydrogen-bond acceptors (Lipinski definition) is 4. The minimum Gasteiger partial charge on any atom is -0.508 e. The Morgan fingerprint density at radius 2 is 1.71 bits per heavy atom. The molecular formula is C23H28ClNO2S. The molecule has 2 heterocycles. The third-order valence-electron chi connectivity index (χ3n) is 6.35. The van der Waals surface area contributed by atoms with Crippen molar-refractivity contribution in [2.75, 3.05) is 0 Å². The lowest BCUT2D eigenvalue weighted by Crippen LogP contribution is -2.50. The molecular weight excluding hydrogens is 390 g/mol. The molecule has 150 valence electrons. The van der Waals surface area contributed by atoms with Gasteiger partial charge in [-0.2, -0.15) is 0 Å². The molecule has 28 heavy (non-hydrogen) atoms. The molecule has 2 bridgehead atoms. The van der Waals surface area contributed by atoms with E-state index < -0.39 is 6.10 Å². The number of piperidine rings is 1. The van der Waals surface area contributed by atoms with Gasteiger partial charge in [-0.1, -0.05) is 17.7 Å². The highest BCUT2D eigenvalue weighted by atomic mass is 35.5. The van der Waals surface area contributed by atoms with Crippen molar-refractivity contribution in [1.29, 1.82) is 0 Å². The highest BCUT2D eigenvalue weighted by Gasteiger charge is 2.44. The second-order valence-corrected chi connectivity index (χ2v) is 10.0. The Kier molecular flexibility index (Phi) is 5.93. The molecule has 2 fully saturated rings. The zero-order valence-electron chi connectivity index (χ0n) is 16.4. The number of nitrogens with zero attached hydrogens (tertiary/aromatic N) is 1. The van der Waals surface area contributed by atoms with E-state index in [-0.39, 0.29) is 11.8 Å². The van der Waals surface area contributed by atoms with Gasteiger partial charge < -0.3 is 10.2 Å². The number of aliphatic hydroxyl groups excluding tert-OH is 1. The van der Waals surface area contributed by atoms with E-state index in [0.29, 0.717) is 17.3 Å². The first-order valence-corrected chi connectivity index (χ1v) is 11.4. The Labute approximate surface area is 176 Å². The maximum Gasteiger partial charge on any atom is 0.118 e. The number of phenols is 1. The van der Waals surface area contributed by atoms with Crippen LogP contribution in [0.1, 0.15) is 49.8 Å². The predicted octanol–water partition coefficient (Wildman–Crippen LogP) is 5.56. The fraction of sp³-hybridized carbons (Fsp3) is 0.478. The predicted molar refractivity (Wildman–Crippen MR) is 116 cm³/mol. The van der Waals surface area contributed by atoms with Crippen molar-refractivity contribution >= 4 is 23.4 Å². The highest BCUT2D eigenvalue weighted by molar-refractivity contribution is 8.00. The van der Waals surface area contributed by atoms with Gasteiger partial charge in [0.15, 0.2) is 0 Å². The number of rotatable bonds is 5. The number of halogens is 1. The second-order valence-electron chi connectivity index (χ2n) is 8.23. The molecule has 2 aliphatic rings. The molecule has 5 heteroatoms. The SMILES string of the molecule is Cc1cc(C(O)C(C)N2C3CCC2CC(Sc2ccc(Cl)cc2)C3)ccc1O. The molecule has 0 radical (unpaired) electrons. The van der Waals surface area contributed by atoms with Gasteiger partial charge in [-0.05, 0) is 87.1 Å². The van der Waals surface area contributed by atoms with Gasteiger partial charge in [0, 0.05) is 33.3 Å². The minimum absolute atomic E-state index is 0.0722. The molecule has 0 aliphatic carbocycles. The number of thioether (sulfide) groups is 1. The maximum atomic E-state index is 11.0. The molecule has 2 saturated heterocycles. The quantitative estimate of drug-likeness (QED) is 0.668. The zero-order chi connectivity index (χ0) is 19.8. The van der Waals surface area contributed by atoms with E-state index in [1.807, 2.05) is 43.0 Å². The third kappa shape index (κ3) is 4.06. The minimum atomic E-state index is -0.539. The van der Waals surface area contributed by atoms with Crippen molar-refractivity contribution in [2.45, 2.75) is 73.9 Å². The maximum absolute atomic E-state index is 11.0. The Morgan fingerprint density at radius 3 is 2.32 bits per heavy atom. The summed E-state index contributed by atoms with van der Waals surface area (Å²) in [5, 5.41) is 22.2. The molecule has 2 aromatic carbocycles. The standard InChI is InChI=1S/C23H28ClNO2S/c1-14-11-16(3-10-22(14)26)23(27)15(2)25-18-6-7-19(25)13-21(12-18)28-20-8-4-17(24)5-9-20/h3-5,8-11,15,18-19,21,23,26-27H,6-7,12-13H2,1-2H3. The van der Waals surface area contributed by atoms with Crippen LogP contribution in [0.5, 0.6) is 5.75 Å². The molecule has 4 rings (SSSR count). The lowest BCUT2D eigenvalue weighted by atomic mass is 9.94. The van der Waals surface area contributed by atoms with Gasteiger partial charge in [-0.15, -0.1) is 11.8 Å². The van der Waals surface area contributed by atoms with Crippen LogP contribution in [-0.2, 0) is 0 Å². The zero-order valence-corrected chi connectivity index (χ0v) is 18.0. The molecule has 4 atom stereocenters. The monoisotopic (exact) mass is 417 g/mol. The van der Waals surface area contributed by atoms with Crippen molar-refractivity contribution < 1.29 is 10.2 Å². The van der Waals surface area contributed by atoms with Crippen LogP contribution < -0.4 is 0 Å². The van der Waals surface area contributed by atoms with E-state index >= 15 is 0 Å². The van der Waals surface area contributed by atoms with Crippen LogP contribution in [0.3, 0.4) is 0 Å². The topological polar surface area (TPSA) is 43.7 Å². The van der Waals surface area contributed by atoms with E-state index in [2.05, 4.69) is 24.0 Å². The van der Waals surface area contributed by atoms with E-state index in [9.17, 15) is 10.2 Å². The van der Waals surface area contributed by atoms with Crippen molar-refractivity contribution in [3.8, 4) is 5.75 Å². The average Bonchev–Trinajstić information content (AvgIpc) is 2.95. The van der Waals surface area contributed by atoms with Crippen LogP contribution >= 0.6 is 23.4 Å². The number of benzene rings is 2. The Hall–Kier alpha value is -1.20. The summed E-state index contributed by atoms with van der Waals surface area (Å²) in [4.78, 5) is 3.85. The Morgan fingerprint density at radius 1 is 1.07 bits per heavy atom. The Bertz CT molecular complexity index is 814. The first kappa shape index (κ1) is 20.1. The summed E-state index contributed by atoms with van der Waals surface area (Å²) >= 11 is 7.98. The summed E-state index contributed by atoms with van der Waals surface area (Å²) in [7, 11) is 0. The summed E-state index contributed by atoms with van der Waals surface area (Å²) in [6.07, 6.45) is 4.22. The van der Waals surface area contributed by atoms with E-state index in [0.717, 1.165) is 29.0 Å². The van der Waals surface area contributed by atoms with Gasteiger partial charge >= 0.3 is 0 Å². The normalized spacial score (nSPS) is 26.9. The van der Waals surface area contributed by atoms with E-state index in [4.69, 9.17) is 11.6 Å². The fourth-order valence-corrected chi connectivity index (χ4v) is 6.38. The fourth-order valence-electron chi connectivity index (χ4n) is 4.93. The van der Waals surface area contributed by atoms with Crippen LogP contribution in [0.25, 0.3) is 0 Å². The summed E-state index contributed by atoms with van der Waals surface area (Å²) in [6, 6.07) is 14.7. The van der Waals surface area contributed by atoms with Gasteiger partial charge in [0.2, 0.25) is 0 Å². The van der Waals surface area contributed by atoms with Crippen molar-refractivity contribution in [3.05, 3.63) is 58.6 Å². The lowest BCUT2D eigenvalue weighted by molar-refractivity contribution is 0.0114. The molecule has 4 unspecified atom stereocenters. The number of phenolic OH excluding ortho intramolecular Hbond substituents is 1. The van der Waals surface area contributed by atoms with Crippen molar-refractivity contribution in [3.63, 3.8) is 0 Å². The molecule has 0 aromatic heterocycles. The summed E-state index contributed by atoms with van der Waals surface area (Å²) in [5.74, 6) is 0.281. The van der Waals surface area contributed by atoms with Crippen molar-refractivity contribution in [1.82, 2.24) is 4.90 Å². The molecule has 2 aromatic rings. The molecule has 0 amide bonds. The smallest absolute Gasteiger partial charge is 0.118 e. The van der Waals surface area contributed by atoms with Gasteiger partial charge in [0.25, 0.3) is 0 Å². The summed E-state index contributed by atoms with van der Waals surface area (Å²) in [6.45, 7) is 4.02. The average molecular weight is 418 g/mol. The largest absolute Gasteiger partial charge is 0.508 e. The molecule has 2 N–H and O–H groups in total. The van der Waals surface area contributed by atoms with E-state index in [1.54, 1.807) is 6.07 Å². The molecule has 0 spiro atoms. The summed E-state index contributed by atoms with van der Waals surface area (Å²) < 4.78 is 0. The second kappa shape index (κ2) is 8.27. The van der Waals surface area contributed by atoms with Crippen molar-refractivity contribution in [2.24, 2.45) is 0 Å². The third-order valence-corrected chi connectivity index (χ3v) is 7.87. The number of aryl methyl sites for hydroxylation is 1. The molecule has 0 saturated carbocycles. The van der Waals surface area contributed by atoms with Crippen LogP contribution in [0.4, 0.5) is 0 Å².